The molecule has 0 bridgehead atoms. The van der Waals surface area contributed by atoms with Gasteiger partial charge in [0.1, 0.15) is 0 Å². The molecule has 1 unspecified atom stereocenters. The first kappa shape index (κ1) is 11.9. The van der Waals surface area contributed by atoms with Crippen LogP contribution in [0.3, 0.4) is 0 Å². The Labute approximate surface area is 113 Å². The monoisotopic (exact) mass is 281 g/mol. The van der Waals surface area contributed by atoms with E-state index in [1.54, 1.807) is 4.90 Å². The van der Waals surface area contributed by atoms with Gasteiger partial charge in [-0.1, -0.05) is 11.6 Å². The molecule has 18 heavy (non-hydrogen) atoms. The second-order valence-corrected chi connectivity index (χ2v) is 6.04. The van der Waals surface area contributed by atoms with Crippen molar-refractivity contribution in [3.63, 3.8) is 0 Å². The van der Waals surface area contributed by atoms with Crippen LogP contribution in [-0.2, 0) is 4.79 Å². The quantitative estimate of drug-likeness (QED) is 0.918. The van der Waals surface area contributed by atoms with E-state index in [0.29, 0.717) is 24.0 Å². The van der Waals surface area contributed by atoms with Gasteiger partial charge < -0.3 is 10.6 Å². The SMILES string of the molecule is NCC1CC(=O)N(c2ccc3nc(Cl)sc3c2)C1. The Morgan fingerprint density at radius 2 is 2.39 bits per heavy atom. The maximum Gasteiger partial charge on any atom is 0.227 e. The number of thiazole rings is 1. The Morgan fingerprint density at radius 3 is 3.11 bits per heavy atom. The van der Waals surface area contributed by atoms with E-state index >= 15 is 0 Å². The summed E-state index contributed by atoms with van der Waals surface area (Å²) in [6, 6.07) is 5.78. The number of hydrogen-bond donors (Lipinski definition) is 1. The minimum Gasteiger partial charge on any atom is -0.330 e. The van der Waals surface area contributed by atoms with Crippen molar-refractivity contribution < 1.29 is 4.79 Å². The van der Waals surface area contributed by atoms with Crippen LogP contribution in [0.4, 0.5) is 5.69 Å². The van der Waals surface area contributed by atoms with Gasteiger partial charge in [-0.25, -0.2) is 4.98 Å². The molecule has 2 heterocycles. The lowest BCUT2D eigenvalue weighted by Gasteiger charge is -2.16. The Morgan fingerprint density at radius 1 is 1.56 bits per heavy atom. The van der Waals surface area contributed by atoms with Gasteiger partial charge in [0, 0.05) is 18.7 Å². The van der Waals surface area contributed by atoms with Crippen LogP contribution in [0.25, 0.3) is 10.2 Å². The lowest BCUT2D eigenvalue weighted by Crippen LogP contribution is -2.25. The number of nitrogens with zero attached hydrogens (tertiary/aromatic N) is 2. The fourth-order valence-electron chi connectivity index (χ4n) is 2.24. The van der Waals surface area contributed by atoms with E-state index in [-0.39, 0.29) is 11.8 Å². The lowest BCUT2D eigenvalue weighted by molar-refractivity contribution is -0.117. The van der Waals surface area contributed by atoms with Crippen LogP contribution in [-0.4, -0.2) is 24.0 Å². The van der Waals surface area contributed by atoms with Crippen molar-refractivity contribution in [2.45, 2.75) is 6.42 Å². The number of anilines is 1. The van der Waals surface area contributed by atoms with Gasteiger partial charge >= 0.3 is 0 Å². The standard InChI is InChI=1S/C12H12ClN3OS/c13-12-15-9-2-1-8(4-10(9)18-12)16-6-7(5-14)3-11(16)17/h1-2,4,7H,3,5-6,14H2. The average Bonchev–Trinajstić information content (AvgIpc) is 2.89. The van der Waals surface area contributed by atoms with Crippen LogP contribution in [0.1, 0.15) is 6.42 Å². The number of rotatable bonds is 2. The molecule has 0 saturated carbocycles. The summed E-state index contributed by atoms with van der Waals surface area (Å²) in [5.74, 6) is 0.402. The van der Waals surface area contributed by atoms with Gasteiger partial charge in [-0.2, -0.15) is 0 Å². The molecular weight excluding hydrogens is 270 g/mol. The van der Waals surface area contributed by atoms with Crippen molar-refractivity contribution in [2.75, 3.05) is 18.0 Å². The molecule has 0 aliphatic carbocycles. The predicted octanol–water partition coefficient (Wildman–Crippen LogP) is 2.26. The van der Waals surface area contributed by atoms with Gasteiger partial charge in [-0.05, 0) is 30.7 Å². The van der Waals surface area contributed by atoms with Crippen molar-refractivity contribution in [3.8, 4) is 0 Å². The molecule has 94 valence electrons. The van der Waals surface area contributed by atoms with E-state index in [0.717, 1.165) is 15.9 Å². The highest BCUT2D eigenvalue weighted by Crippen LogP contribution is 2.31. The van der Waals surface area contributed by atoms with Gasteiger partial charge in [0.25, 0.3) is 0 Å². The number of aromatic nitrogens is 1. The normalized spacial score (nSPS) is 20.0. The number of carbonyl (C=O) groups is 1. The highest BCUT2D eigenvalue weighted by Gasteiger charge is 2.29. The van der Waals surface area contributed by atoms with E-state index in [2.05, 4.69) is 4.98 Å². The highest BCUT2D eigenvalue weighted by atomic mass is 35.5. The summed E-state index contributed by atoms with van der Waals surface area (Å²) >= 11 is 7.30. The molecule has 6 heteroatoms. The van der Waals surface area contributed by atoms with Crippen LogP contribution in [0.5, 0.6) is 0 Å². The largest absolute Gasteiger partial charge is 0.330 e. The number of nitrogens with two attached hydrogens (primary N) is 1. The maximum atomic E-state index is 11.9. The molecule has 2 aromatic rings. The molecule has 1 aromatic heterocycles. The van der Waals surface area contributed by atoms with Crippen molar-refractivity contribution in [1.29, 1.82) is 0 Å². The second-order valence-electron chi connectivity index (χ2n) is 4.43. The molecule has 4 nitrogen and oxygen atoms in total. The summed E-state index contributed by atoms with van der Waals surface area (Å²) in [6.45, 7) is 1.25. The van der Waals surface area contributed by atoms with Gasteiger partial charge in [0.15, 0.2) is 4.47 Å². The number of halogens is 1. The van der Waals surface area contributed by atoms with E-state index < -0.39 is 0 Å². The zero-order valence-electron chi connectivity index (χ0n) is 9.60. The number of fused-ring (bicyclic) bond motifs is 1. The van der Waals surface area contributed by atoms with E-state index in [9.17, 15) is 4.79 Å². The first-order chi connectivity index (χ1) is 8.67. The Bertz CT molecular complexity index is 612. The van der Waals surface area contributed by atoms with Crippen LogP contribution in [0.2, 0.25) is 4.47 Å². The number of benzene rings is 1. The number of carbonyl (C=O) groups excluding carboxylic acids is 1. The van der Waals surface area contributed by atoms with Crippen LogP contribution in [0.15, 0.2) is 18.2 Å². The molecule has 0 spiro atoms. The average molecular weight is 282 g/mol. The topological polar surface area (TPSA) is 59.2 Å². The summed E-state index contributed by atoms with van der Waals surface area (Å²) in [7, 11) is 0. The molecule has 2 N–H and O–H groups in total. The summed E-state index contributed by atoms with van der Waals surface area (Å²) in [5, 5.41) is 0. The van der Waals surface area contributed by atoms with Crippen LogP contribution < -0.4 is 10.6 Å². The Hall–Kier alpha value is -1.17. The summed E-state index contributed by atoms with van der Waals surface area (Å²) in [5.41, 5.74) is 7.40. The lowest BCUT2D eigenvalue weighted by atomic mass is 10.1. The maximum absolute atomic E-state index is 11.9. The van der Waals surface area contributed by atoms with Gasteiger partial charge in [0.05, 0.1) is 10.2 Å². The molecule has 3 rings (SSSR count). The third-order valence-electron chi connectivity index (χ3n) is 3.20. The first-order valence-electron chi connectivity index (χ1n) is 5.74. The predicted molar refractivity (Wildman–Crippen MR) is 74.1 cm³/mol. The van der Waals surface area contributed by atoms with Gasteiger partial charge in [-0.15, -0.1) is 11.3 Å². The zero-order chi connectivity index (χ0) is 12.7. The van der Waals surface area contributed by atoms with E-state index in [1.807, 2.05) is 18.2 Å². The first-order valence-corrected chi connectivity index (χ1v) is 6.93. The Balaban J connectivity index is 1.96. The van der Waals surface area contributed by atoms with E-state index in [1.165, 1.54) is 11.3 Å². The highest BCUT2D eigenvalue weighted by molar-refractivity contribution is 7.22. The summed E-state index contributed by atoms with van der Waals surface area (Å²) in [4.78, 5) is 17.9. The fourth-order valence-corrected chi connectivity index (χ4v) is 3.31. The smallest absolute Gasteiger partial charge is 0.227 e. The zero-order valence-corrected chi connectivity index (χ0v) is 11.2. The molecule has 1 atom stereocenters. The molecule has 1 aliphatic rings. The van der Waals surface area contributed by atoms with Gasteiger partial charge in [-0.3, -0.25) is 4.79 Å². The summed E-state index contributed by atoms with van der Waals surface area (Å²) in [6.07, 6.45) is 0.540. The molecule has 1 amide bonds. The number of amides is 1. The van der Waals surface area contributed by atoms with Gasteiger partial charge in [0.2, 0.25) is 5.91 Å². The second kappa shape index (κ2) is 4.50. The van der Waals surface area contributed by atoms with Crippen LogP contribution >= 0.6 is 22.9 Å². The van der Waals surface area contributed by atoms with Crippen molar-refractivity contribution in [1.82, 2.24) is 4.98 Å². The third-order valence-corrected chi connectivity index (χ3v) is 4.32. The third kappa shape index (κ3) is 1.98. The Kier molecular flexibility index (Phi) is 2.97. The van der Waals surface area contributed by atoms with Crippen molar-refractivity contribution in [2.24, 2.45) is 11.7 Å². The molecule has 1 aliphatic heterocycles. The molecular formula is C12H12ClN3OS. The molecule has 1 saturated heterocycles. The molecule has 0 radical (unpaired) electrons. The van der Waals surface area contributed by atoms with E-state index in [4.69, 9.17) is 17.3 Å². The number of hydrogen-bond acceptors (Lipinski definition) is 4. The van der Waals surface area contributed by atoms with Crippen molar-refractivity contribution in [3.05, 3.63) is 22.7 Å². The van der Waals surface area contributed by atoms with Crippen molar-refractivity contribution >= 4 is 44.7 Å². The molecule has 1 aromatic carbocycles. The minimum absolute atomic E-state index is 0.139. The molecule has 1 fully saturated rings. The summed E-state index contributed by atoms with van der Waals surface area (Å²) < 4.78 is 1.52. The minimum atomic E-state index is 0.139. The van der Waals surface area contributed by atoms with Crippen LogP contribution in [0, 0.1) is 5.92 Å². The fraction of sp³-hybridized carbons (Fsp3) is 0.333.